The highest BCUT2D eigenvalue weighted by Crippen LogP contribution is 2.06. The maximum Gasteiger partial charge on any atom is 0.354 e. The van der Waals surface area contributed by atoms with Crippen LogP contribution in [0.5, 0.6) is 0 Å². The van der Waals surface area contributed by atoms with E-state index in [1.165, 1.54) is 30.3 Å². The third-order valence-electron chi connectivity index (χ3n) is 3.06. The average molecular weight is 293 g/mol. The van der Waals surface area contributed by atoms with Gasteiger partial charge in [0, 0.05) is 31.9 Å². The van der Waals surface area contributed by atoms with Crippen LogP contribution in [0.15, 0.2) is 18.3 Å². The van der Waals surface area contributed by atoms with Gasteiger partial charge in [-0.3, -0.25) is 9.59 Å². The predicted octanol–water partition coefficient (Wildman–Crippen LogP) is 0.720. The number of likely N-dealkylation sites (N-methyl/N-ethyl adjacent to an activating group) is 2. The summed E-state index contributed by atoms with van der Waals surface area (Å²) in [4.78, 5) is 41.5. The summed E-state index contributed by atoms with van der Waals surface area (Å²) >= 11 is 0. The highest BCUT2D eigenvalue weighted by atomic mass is 16.4. The molecule has 0 aromatic carbocycles. The van der Waals surface area contributed by atoms with Gasteiger partial charge >= 0.3 is 5.97 Å². The lowest BCUT2D eigenvalue weighted by molar-refractivity contribution is -0.131. The molecule has 2 amide bonds. The molecule has 7 nitrogen and oxygen atoms in total. The number of amides is 2. The smallest absolute Gasteiger partial charge is 0.354 e. The number of carbonyl (C=O) groups excluding carboxylic acids is 2. The normalized spacial score (nSPS) is 10.0. The second-order valence-electron chi connectivity index (χ2n) is 4.46. The quantitative estimate of drug-likeness (QED) is 0.834. The van der Waals surface area contributed by atoms with Crippen molar-refractivity contribution in [2.75, 3.05) is 26.7 Å². The molecule has 21 heavy (non-hydrogen) atoms. The van der Waals surface area contributed by atoms with E-state index in [0.717, 1.165) is 0 Å². The minimum absolute atomic E-state index is 0.0504. The molecule has 0 aliphatic heterocycles. The van der Waals surface area contributed by atoms with Crippen LogP contribution < -0.4 is 0 Å². The molecule has 0 aliphatic carbocycles. The summed E-state index contributed by atoms with van der Waals surface area (Å²) in [6.45, 7) is 4.84. The summed E-state index contributed by atoms with van der Waals surface area (Å²) in [5.74, 6) is -1.77. The van der Waals surface area contributed by atoms with Crippen molar-refractivity contribution in [2.45, 2.75) is 13.8 Å². The van der Waals surface area contributed by atoms with Crippen LogP contribution >= 0.6 is 0 Å². The van der Waals surface area contributed by atoms with Crippen LogP contribution in [0.1, 0.15) is 34.7 Å². The van der Waals surface area contributed by atoms with E-state index in [9.17, 15) is 14.4 Å². The van der Waals surface area contributed by atoms with E-state index in [-0.39, 0.29) is 23.7 Å². The number of hydrogen-bond donors (Lipinski definition) is 1. The first-order chi connectivity index (χ1) is 9.90. The van der Waals surface area contributed by atoms with Gasteiger partial charge < -0.3 is 14.9 Å². The van der Waals surface area contributed by atoms with E-state index in [1.54, 1.807) is 4.90 Å². The van der Waals surface area contributed by atoms with E-state index in [4.69, 9.17) is 5.11 Å². The average Bonchev–Trinajstić information content (AvgIpc) is 2.47. The summed E-state index contributed by atoms with van der Waals surface area (Å²) < 4.78 is 0. The molecule has 0 radical (unpaired) electrons. The second-order valence-corrected chi connectivity index (χ2v) is 4.46. The molecule has 0 saturated heterocycles. The fourth-order valence-electron chi connectivity index (χ4n) is 1.85. The number of pyridine rings is 1. The van der Waals surface area contributed by atoms with Crippen molar-refractivity contribution in [3.8, 4) is 0 Å². The lowest BCUT2D eigenvalue weighted by Gasteiger charge is -2.23. The molecule has 1 aromatic rings. The Bertz CT molecular complexity index is 541. The predicted molar refractivity (Wildman–Crippen MR) is 76.1 cm³/mol. The van der Waals surface area contributed by atoms with Gasteiger partial charge in [0.1, 0.15) is 5.69 Å². The van der Waals surface area contributed by atoms with Gasteiger partial charge in [0.05, 0.1) is 6.54 Å². The highest BCUT2D eigenvalue weighted by Gasteiger charge is 2.19. The molecule has 1 heterocycles. The van der Waals surface area contributed by atoms with Crippen LogP contribution in [0.25, 0.3) is 0 Å². The Kier molecular flexibility index (Phi) is 5.83. The number of aromatic carboxylic acids is 1. The maximum atomic E-state index is 12.2. The first-order valence-corrected chi connectivity index (χ1v) is 6.63. The zero-order valence-electron chi connectivity index (χ0n) is 12.4. The fourth-order valence-corrected chi connectivity index (χ4v) is 1.85. The van der Waals surface area contributed by atoms with Crippen LogP contribution in [0, 0.1) is 0 Å². The molecule has 0 saturated carbocycles. The minimum Gasteiger partial charge on any atom is -0.477 e. The van der Waals surface area contributed by atoms with Crippen molar-refractivity contribution in [2.24, 2.45) is 0 Å². The molecule has 0 unspecified atom stereocenters. The highest BCUT2D eigenvalue weighted by molar-refractivity contribution is 5.98. The summed E-state index contributed by atoms with van der Waals surface area (Å²) in [6, 6.07) is 2.62. The largest absolute Gasteiger partial charge is 0.477 e. The molecule has 0 spiro atoms. The third-order valence-corrected chi connectivity index (χ3v) is 3.06. The SMILES string of the molecule is CCN(CC)C(=O)CN(C)C(=O)c1ccnc(C(=O)O)c1. The van der Waals surface area contributed by atoms with Gasteiger partial charge in [-0.1, -0.05) is 0 Å². The Morgan fingerprint density at radius 1 is 1.24 bits per heavy atom. The van der Waals surface area contributed by atoms with Crippen molar-refractivity contribution in [1.29, 1.82) is 0 Å². The van der Waals surface area contributed by atoms with E-state index in [1.807, 2.05) is 13.8 Å². The van der Waals surface area contributed by atoms with Crippen LogP contribution in [0.2, 0.25) is 0 Å². The Labute approximate surface area is 123 Å². The second kappa shape index (κ2) is 7.37. The van der Waals surface area contributed by atoms with Gasteiger partial charge in [0.15, 0.2) is 0 Å². The number of hydrogen-bond acceptors (Lipinski definition) is 4. The number of rotatable bonds is 6. The standard InChI is InChI=1S/C14H19N3O4/c1-4-17(5-2)12(18)9-16(3)13(19)10-6-7-15-11(8-10)14(20)21/h6-8H,4-5,9H2,1-3H3,(H,20,21). The third kappa shape index (κ3) is 4.27. The zero-order chi connectivity index (χ0) is 16.0. The molecule has 1 aromatic heterocycles. The summed E-state index contributed by atoms with van der Waals surface area (Å²) in [7, 11) is 1.50. The van der Waals surface area contributed by atoms with E-state index < -0.39 is 11.9 Å². The van der Waals surface area contributed by atoms with Gasteiger partial charge in [-0.05, 0) is 26.0 Å². The van der Waals surface area contributed by atoms with Gasteiger partial charge in [-0.2, -0.15) is 0 Å². The van der Waals surface area contributed by atoms with Crippen molar-refractivity contribution in [3.63, 3.8) is 0 Å². The van der Waals surface area contributed by atoms with Gasteiger partial charge in [-0.25, -0.2) is 9.78 Å². The van der Waals surface area contributed by atoms with Crippen molar-refractivity contribution < 1.29 is 19.5 Å². The molecule has 0 bridgehead atoms. The fraction of sp³-hybridized carbons (Fsp3) is 0.429. The van der Waals surface area contributed by atoms with Crippen LogP contribution in [-0.4, -0.2) is 64.4 Å². The van der Waals surface area contributed by atoms with Crippen LogP contribution in [0.3, 0.4) is 0 Å². The molecular weight excluding hydrogens is 274 g/mol. The molecule has 0 aliphatic rings. The monoisotopic (exact) mass is 293 g/mol. The molecule has 114 valence electrons. The topological polar surface area (TPSA) is 90.8 Å². The number of carboxylic acids is 1. The Balaban J connectivity index is 2.81. The number of carboxylic acid groups (broad SMARTS) is 1. The lowest BCUT2D eigenvalue weighted by atomic mass is 10.2. The van der Waals surface area contributed by atoms with Crippen LogP contribution in [0.4, 0.5) is 0 Å². The maximum absolute atomic E-state index is 12.2. The number of nitrogens with zero attached hydrogens (tertiary/aromatic N) is 3. The molecule has 1 rings (SSSR count). The van der Waals surface area contributed by atoms with Crippen LogP contribution in [-0.2, 0) is 4.79 Å². The minimum atomic E-state index is -1.20. The van der Waals surface area contributed by atoms with Crippen molar-refractivity contribution in [1.82, 2.24) is 14.8 Å². The Morgan fingerprint density at radius 3 is 2.38 bits per heavy atom. The number of aromatic nitrogens is 1. The molecule has 7 heteroatoms. The molecule has 0 fully saturated rings. The van der Waals surface area contributed by atoms with Gasteiger partial charge in [-0.15, -0.1) is 0 Å². The summed E-state index contributed by atoms with van der Waals surface area (Å²) in [5, 5.41) is 8.86. The molecule has 1 N–H and O–H groups in total. The first-order valence-electron chi connectivity index (χ1n) is 6.63. The van der Waals surface area contributed by atoms with E-state index >= 15 is 0 Å². The number of carbonyl (C=O) groups is 3. The summed E-state index contributed by atoms with van der Waals surface area (Å²) in [6.07, 6.45) is 1.26. The summed E-state index contributed by atoms with van der Waals surface area (Å²) in [5.41, 5.74) is -0.0124. The van der Waals surface area contributed by atoms with Crippen molar-refractivity contribution in [3.05, 3.63) is 29.6 Å². The Morgan fingerprint density at radius 2 is 1.86 bits per heavy atom. The molecule has 0 atom stereocenters. The van der Waals surface area contributed by atoms with E-state index in [0.29, 0.717) is 13.1 Å². The van der Waals surface area contributed by atoms with Gasteiger partial charge in [0.25, 0.3) is 5.91 Å². The zero-order valence-corrected chi connectivity index (χ0v) is 12.4. The van der Waals surface area contributed by atoms with E-state index in [2.05, 4.69) is 4.98 Å². The lowest BCUT2D eigenvalue weighted by Crippen LogP contribution is -2.41. The van der Waals surface area contributed by atoms with Crippen molar-refractivity contribution >= 4 is 17.8 Å². The molecular formula is C14H19N3O4. The van der Waals surface area contributed by atoms with Gasteiger partial charge in [0.2, 0.25) is 5.91 Å². The Hall–Kier alpha value is -2.44. The first kappa shape index (κ1) is 16.6.